The van der Waals surface area contributed by atoms with Crippen LogP contribution < -0.4 is 0 Å². The molecule has 0 saturated carbocycles. The predicted molar refractivity (Wildman–Crippen MR) is 92.8 cm³/mol. The van der Waals surface area contributed by atoms with Crippen molar-refractivity contribution in [3.8, 4) is 0 Å². The summed E-state index contributed by atoms with van der Waals surface area (Å²) in [5, 5.41) is 0. The number of imidazole rings is 1. The van der Waals surface area contributed by atoms with Crippen LogP contribution in [0.1, 0.15) is 37.8 Å². The van der Waals surface area contributed by atoms with Gasteiger partial charge in [-0.1, -0.05) is 0 Å². The minimum absolute atomic E-state index is 0.0584. The topological polar surface area (TPSA) is 78.5 Å². The SMILES string of the molecule is COCCC(=O)N1CCC[C@]2(CCC(=O)N(CCc3cnc[nH]3)C2)C1. The second-order valence-corrected chi connectivity index (χ2v) is 7.30. The molecule has 2 fully saturated rings. The third-order valence-electron chi connectivity index (χ3n) is 5.49. The van der Waals surface area contributed by atoms with E-state index < -0.39 is 0 Å². The third-order valence-corrected chi connectivity index (χ3v) is 5.49. The molecular formula is C18H28N4O3. The number of carbonyl (C=O) groups is 2. The summed E-state index contributed by atoms with van der Waals surface area (Å²) in [6.45, 7) is 3.53. The second-order valence-electron chi connectivity index (χ2n) is 7.30. The Bertz CT molecular complexity index is 589. The van der Waals surface area contributed by atoms with Crippen LogP contribution in [0, 0.1) is 5.41 Å². The number of likely N-dealkylation sites (tertiary alicyclic amines) is 2. The Hall–Kier alpha value is -1.89. The zero-order valence-electron chi connectivity index (χ0n) is 15.0. The number of aromatic nitrogens is 2. The summed E-state index contributed by atoms with van der Waals surface area (Å²) >= 11 is 0. The number of hydrogen-bond donors (Lipinski definition) is 1. The minimum Gasteiger partial charge on any atom is -0.384 e. The van der Waals surface area contributed by atoms with E-state index in [1.807, 2.05) is 9.80 Å². The molecule has 0 unspecified atom stereocenters. The molecule has 1 aromatic heterocycles. The van der Waals surface area contributed by atoms with Crippen LogP contribution in [0.25, 0.3) is 0 Å². The van der Waals surface area contributed by atoms with Crippen molar-refractivity contribution in [3.05, 3.63) is 18.2 Å². The maximum absolute atomic E-state index is 12.4. The lowest BCUT2D eigenvalue weighted by molar-refractivity contribution is -0.143. The molecule has 0 aromatic carbocycles. The predicted octanol–water partition coefficient (Wildman–Crippen LogP) is 1.22. The van der Waals surface area contributed by atoms with Gasteiger partial charge in [0.25, 0.3) is 0 Å². The van der Waals surface area contributed by atoms with Crippen LogP contribution in [-0.2, 0) is 20.7 Å². The van der Waals surface area contributed by atoms with Crippen LogP contribution in [0.4, 0.5) is 0 Å². The van der Waals surface area contributed by atoms with Gasteiger partial charge < -0.3 is 19.5 Å². The zero-order valence-corrected chi connectivity index (χ0v) is 15.0. The molecule has 0 aliphatic carbocycles. The molecule has 0 bridgehead atoms. The van der Waals surface area contributed by atoms with E-state index >= 15 is 0 Å². The number of amides is 2. The normalized spacial score (nSPS) is 24.1. The van der Waals surface area contributed by atoms with Crippen LogP contribution in [0.15, 0.2) is 12.5 Å². The molecule has 3 rings (SSSR count). The van der Waals surface area contributed by atoms with Gasteiger partial charge in [-0.05, 0) is 19.3 Å². The fraction of sp³-hybridized carbons (Fsp3) is 0.722. The van der Waals surface area contributed by atoms with Gasteiger partial charge in [0.1, 0.15) is 0 Å². The Morgan fingerprint density at radius 1 is 1.40 bits per heavy atom. The van der Waals surface area contributed by atoms with Gasteiger partial charge in [0.2, 0.25) is 11.8 Å². The fourth-order valence-corrected chi connectivity index (χ4v) is 4.08. The van der Waals surface area contributed by atoms with E-state index in [0.29, 0.717) is 26.0 Å². The van der Waals surface area contributed by atoms with Crippen molar-refractivity contribution >= 4 is 11.8 Å². The van der Waals surface area contributed by atoms with Gasteiger partial charge in [0.15, 0.2) is 0 Å². The molecule has 7 heteroatoms. The van der Waals surface area contributed by atoms with Crippen LogP contribution in [-0.4, -0.2) is 71.5 Å². The number of nitrogens with one attached hydrogen (secondary N) is 1. The van der Waals surface area contributed by atoms with Gasteiger partial charge in [-0.2, -0.15) is 0 Å². The van der Waals surface area contributed by atoms with Crippen LogP contribution in [0.3, 0.4) is 0 Å². The largest absolute Gasteiger partial charge is 0.384 e. The molecule has 138 valence electrons. The highest BCUT2D eigenvalue weighted by atomic mass is 16.5. The molecule has 25 heavy (non-hydrogen) atoms. The minimum atomic E-state index is 0.0584. The first-order valence-corrected chi connectivity index (χ1v) is 9.14. The second kappa shape index (κ2) is 7.99. The first-order chi connectivity index (χ1) is 12.1. The highest BCUT2D eigenvalue weighted by Crippen LogP contribution is 2.39. The van der Waals surface area contributed by atoms with Gasteiger partial charge in [-0.15, -0.1) is 0 Å². The first-order valence-electron chi connectivity index (χ1n) is 9.14. The molecule has 1 N–H and O–H groups in total. The van der Waals surface area contributed by atoms with Gasteiger partial charge in [0.05, 0.1) is 19.4 Å². The van der Waals surface area contributed by atoms with E-state index in [1.165, 1.54) is 0 Å². The molecule has 2 aliphatic heterocycles. The van der Waals surface area contributed by atoms with Crippen LogP contribution in [0.2, 0.25) is 0 Å². The van der Waals surface area contributed by atoms with E-state index in [9.17, 15) is 9.59 Å². The maximum atomic E-state index is 12.4. The summed E-state index contributed by atoms with van der Waals surface area (Å²) in [6.07, 6.45) is 8.29. The van der Waals surface area contributed by atoms with E-state index in [1.54, 1.807) is 19.6 Å². The van der Waals surface area contributed by atoms with E-state index in [0.717, 1.165) is 51.0 Å². The van der Waals surface area contributed by atoms with Crippen molar-refractivity contribution in [3.63, 3.8) is 0 Å². The van der Waals surface area contributed by atoms with Gasteiger partial charge in [-0.3, -0.25) is 9.59 Å². The number of methoxy groups -OCH3 is 1. The van der Waals surface area contributed by atoms with Crippen LogP contribution in [0.5, 0.6) is 0 Å². The number of piperidine rings is 2. The van der Waals surface area contributed by atoms with Crippen molar-refractivity contribution in [2.45, 2.75) is 38.5 Å². The van der Waals surface area contributed by atoms with E-state index in [-0.39, 0.29) is 17.2 Å². The number of hydrogen-bond acceptors (Lipinski definition) is 4. The highest BCUT2D eigenvalue weighted by Gasteiger charge is 2.42. The first kappa shape index (κ1) is 17.9. The number of H-pyrrole nitrogens is 1. The molecule has 0 radical (unpaired) electrons. The lowest BCUT2D eigenvalue weighted by Gasteiger charge is -2.48. The summed E-state index contributed by atoms with van der Waals surface area (Å²) in [5.41, 5.74) is 1.11. The molecule has 2 aliphatic rings. The van der Waals surface area contributed by atoms with Crippen molar-refractivity contribution in [1.29, 1.82) is 0 Å². The van der Waals surface area contributed by atoms with Crippen LogP contribution >= 0.6 is 0 Å². The summed E-state index contributed by atoms with van der Waals surface area (Å²) in [4.78, 5) is 35.8. The monoisotopic (exact) mass is 348 g/mol. The molecule has 2 saturated heterocycles. The Labute approximate surface area is 148 Å². The molecule has 7 nitrogen and oxygen atoms in total. The lowest BCUT2D eigenvalue weighted by atomic mass is 9.73. The fourth-order valence-electron chi connectivity index (χ4n) is 4.08. The lowest BCUT2D eigenvalue weighted by Crippen LogP contribution is -2.55. The molecule has 2 amide bonds. The summed E-state index contributed by atoms with van der Waals surface area (Å²) in [5.74, 6) is 0.398. The molecular weight excluding hydrogens is 320 g/mol. The molecule has 1 atom stereocenters. The van der Waals surface area contributed by atoms with Crippen molar-refractivity contribution < 1.29 is 14.3 Å². The molecule has 1 spiro atoms. The van der Waals surface area contributed by atoms with Gasteiger partial charge >= 0.3 is 0 Å². The zero-order chi connectivity index (χ0) is 17.7. The van der Waals surface area contributed by atoms with E-state index in [4.69, 9.17) is 4.74 Å². The Balaban J connectivity index is 1.60. The molecule has 3 heterocycles. The quantitative estimate of drug-likeness (QED) is 0.838. The van der Waals surface area contributed by atoms with Crippen molar-refractivity contribution in [2.75, 3.05) is 39.9 Å². The highest BCUT2D eigenvalue weighted by molar-refractivity contribution is 5.78. The Kier molecular flexibility index (Phi) is 5.73. The Morgan fingerprint density at radius 3 is 3.04 bits per heavy atom. The standard InChI is InChI=1S/C18H28N4O3/c1-25-10-5-17(24)21-8-2-6-18(12-21)7-3-16(23)22(13-18)9-4-15-11-19-14-20-15/h11,14H,2-10,12-13H2,1H3,(H,19,20)/t18-/m0/s1. The van der Waals surface area contributed by atoms with Crippen molar-refractivity contribution in [2.24, 2.45) is 5.41 Å². The third kappa shape index (κ3) is 4.39. The number of rotatable bonds is 6. The number of aromatic amines is 1. The number of carbonyl (C=O) groups excluding carboxylic acids is 2. The smallest absolute Gasteiger partial charge is 0.224 e. The molecule has 1 aromatic rings. The van der Waals surface area contributed by atoms with Crippen molar-refractivity contribution in [1.82, 2.24) is 19.8 Å². The summed E-state index contributed by atoms with van der Waals surface area (Å²) < 4.78 is 5.03. The number of nitrogens with zero attached hydrogens (tertiary/aromatic N) is 3. The van der Waals surface area contributed by atoms with E-state index in [2.05, 4.69) is 9.97 Å². The van der Waals surface area contributed by atoms with Gasteiger partial charge in [0, 0.05) is 63.4 Å². The average Bonchev–Trinajstić information content (AvgIpc) is 3.14. The van der Waals surface area contributed by atoms with Gasteiger partial charge in [-0.25, -0.2) is 4.98 Å². The number of ether oxygens (including phenoxy) is 1. The summed E-state index contributed by atoms with van der Waals surface area (Å²) in [6, 6.07) is 0. The maximum Gasteiger partial charge on any atom is 0.224 e. The Morgan fingerprint density at radius 2 is 2.28 bits per heavy atom. The summed E-state index contributed by atoms with van der Waals surface area (Å²) in [7, 11) is 1.62. The average molecular weight is 348 g/mol.